The molecule has 0 saturated carbocycles. The van der Waals surface area contributed by atoms with Gasteiger partial charge in [-0.1, -0.05) is 97.1 Å². The first kappa shape index (κ1) is 24.6. The molecule has 218 valence electrons. The predicted octanol–water partition coefficient (Wildman–Crippen LogP) is 12.3. The molecule has 0 fully saturated rings. The summed E-state index contributed by atoms with van der Waals surface area (Å²) in [6, 6.07) is 51.9. The molecule has 2 aromatic heterocycles. The largest absolute Gasteiger partial charge is 0.303 e. The van der Waals surface area contributed by atoms with Crippen LogP contribution in [0.15, 0.2) is 140 Å². The van der Waals surface area contributed by atoms with Crippen LogP contribution in [-0.2, 0) is 0 Å². The van der Waals surface area contributed by atoms with Gasteiger partial charge in [-0.15, -0.1) is 22.7 Å². The van der Waals surface area contributed by atoms with Crippen LogP contribution in [0.1, 0.15) is 0 Å². The lowest BCUT2D eigenvalue weighted by atomic mass is 10.0. The summed E-state index contributed by atoms with van der Waals surface area (Å²) in [5.74, 6) is 0. The zero-order chi connectivity index (χ0) is 30.4. The van der Waals surface area contributed by atoms with Crippen LogP contribution in [0, 0.1) is 0 Å². The number of rotatable bonds is 0. The van der Waals surface area contributed by atoms with Gasteiger partial charge in [0.25, 0.3) is 0 Å². The second-order valence-electron chi connectivity index (χ2n) is 12.5. The van der Waals surface area contributed by atoms with E-state index in [2.05, 4.69) is 153 Å². The van der Waals surface area contributed by atoms with Gasteiger partial charge in [-0.2, -0.15) is 0 Å². The Morgan fingerprint density at radius 2 is 0.809 bits per heavy atom. The van der Waals surface area contributed by atoms with E-state index in [1.165, 1.54) is 101 Å². The summed E-state index contributed by atoms with van der Waals surface area (Å²) in [6.07, 6.45) is 0. The molecule has 5 heteroatoms. The van der Waals surface area contributed by atoms with Crippen molar-refractivity contribution in [2.24, 2.45) is 0 Å². The van der Waals surface area contributed by atoms with E-state index in [1.807, 2.05) is 22.7 Å². The summed E-state index contributed by atoms with van der Waals surface area (Å²) in [5.41, 5.74) is 11.1. The van der Waals surface area contributed by atoms with Crippen molar-refractivity contribution in [1.82, 2.24) is 13.4 Å². The fourth-order valence-electron chi connectivity index (χ4n) is 8.25. The average molecular weight is 634 g/mol. The van der Waals surface area contributed by atoms with E-state index in [1.54, 1.807) is 0 Å². The maximum atomic E-state index is 2.60. The van der Waals surface area contributed by atoms with Crippen molar-refractivity contribution in [3.05, 3.63) is 140 Å². The van der Waals surface area contributed by atoms with Crippen LogP contribution in [0.2, 0.25) is 0 Å². The van der Waals surface area contributed by atoms with Crippen LogP contribution in [0.4, 0.5) is 0 Å². The van der Waals surface area contributed by atoms with Gasteiger partial charge in [-0.05, 0) is 58.6 Å². The SMILES string of the molecule is c1ccc2c(c1)cc1c3c2sc2ccccc2n3c2cc3ccccc3c3c2-n1c1cc2ccccc2c2sc4ccccc4n3c21. The smallest absolute Gasteiger partial charge is 0.0954 e. The van der Waals surface area contributed by atoms with Crippen molar-refractivity contribution >= 4 is 118 Å². The van der Waals surface area contributed by atoms with Crippen molar-refractivity contribution in [2.45, 2.75) is 0 Å². The summed E-state index contributed by atoms with van der Waals surface area (Å²) >= 11 is 3.81. The molecule has 8 aromatic carbocycles. The zero-order valence-corrected chi connectivity index (χ0v) is 26.6. The fraction of sp³-hybridized carbons (Fsp3) is 0. The quantitative estimate of drug-likeness (QED) is 0.116. The monoisotopic (exact) mass is 633 g/mol. The summed E-state index contributed by atoms with van der Waals surface area (Å²) in [7, 11) is 0. The topological polar surface area (TPSA) is 13.8 Å². The first-order valence-electron chi connectivity index (χ1n) is 15.9. The molecule has 0 aliphatic carbocycles. The van der Waals surface area contributed by atoms with Gasteiger partial charge in [0.15, 0.2) is 0 Å². The third kappa shape index (κ3) is 2.98. The maximum Gasteiger partial charge on any atom is 0.0954 e. The Hall–Kier alpha value is -5.62. The molecule has 0 N–H and O–H groups in total. The lowest BCUT2D eigenvalue weighted by Gasteiger charge is -2.29. The fourth-order valence-corrected chi connectivity index (χ4v) is 10.7. The van der Waals surface area contributed by atoms with Gasteiger partial charge in [-0.25, -0.2) is 0 Å². The molecular weight excluding hydrogens is 611 g/mol. The van der Waals surface area contributed by atoms with Crippen LogP contribution < -0.4 is 0 Å². The van der Waals surface area contributed by atoms with Crippen molar-refractivity contribution in [2.75, 3.05) is 0 Å². The van der Waals surface area contributed by atoms with Gasteiger partial charge < -0.3 is 13.4 Å². The van der Waals surface area contributed by atoms with Crippen LogP contribution in [0.5, 0.6) is 0 Å². The molecular formula is C42H23N3S2. The molecule has 0 unspecified atom stereocenters. The maximum absolute atomic E-state index is 2.60. The van der Waals surface area contributed by atoms with E-state index < -0.39 is 0 Å². The Kier molecular flexibility index (Phi) is 4.49. The minimum absolute atomic E-state index is 1.21. The minimum Gasteiger partial charge on any atom is -0.303 e. The number of nitrogens with zero attached hydrogens (tertiary/aromatic N) is 3. The van der Waals surface area contributed by atoms with Crippen molar-refractivity contribution in [3.8, 4) is 5.69 Å². The van der Waals surface area contributed by atoms with Crippen LogP contribution in [0.3, 0.4) is 0 Å². The molecule has 0 atom stereocenters. The molecule has 4 heterocycles. The van der Waals surface area contributed by atoms with Gasteiger partial charge >= 0.3 is 0 Å². The van der Waals surface area contributed by atoms with Gasteiger partial charge in [0.1, 0.15) is 0 Å². The second-order valence-corrected chi connectivity index (χ2v) is 14.7. The Balaban J connectivity index is 1.56. The molecule has 0 amide bonds. The number of hydrogen-bond acceptors (Lipinski definition) is 2. The highest BCUT2D eigenvalue weighted by atomic mass is 32.1. The Morgan fingerprint density at radius 1 is 0.362 bits per heavy atom. The molecule has 0 radical (unpaired) electrons. The van der Waals surface area contributed by atoms with E-state index in [9.17, 15) is 0 Å². The van der Waals surface area contributed by atoms with Crippen molar-refractivity contribution in [1.29, 1.82) is 0 Å². The second kappa shape index (κ2) is 8.59. The third-order valence-electron chi connectivity index (χ3n) is 10.1. The Morgan fingerprint density at radius 3 is 1.43 bits per heavy atom. The Bertz CT molecular complexity index is 3310. The highest BCUT2D eigenvalue weighted by Crippen LogP contribution is 2.48. The number of hydrogen-bond donors (Lipinski definition) is 0. The van der Waals surface area contributed by atoms with Gasteiger partial charge in [-0.3, -0.25) is 0 Å². The number of para-hydroxylation sites is 2. The van der Waals surface area contributed by atoms with Crippen LogP contribution >= 0.6 is 22.7 Å². The zero-order valence-electron chi connectivity index (χ0n) is 24.9. The predicted molar refractivity (Wildman–Crippen MR) is 203 cm³/mol. The van der Waals surface area contributed by atoms with E-state index >= 15 is 0 Å². The van der Waals surface area contributed by atoms with Crippen LogP contribution in [0.25, 0.3) is 101 Å². The van der Waals surface area contributed by atoms with Crippen LogP contribution in [-0.4, -0.2) is 13.4 Å². The number of benzene rings is 8. The molecule has 10 aromatic rings. The van der Waals surface area contributed by atoms with Gasteiger partial charge in [0.2, 0.25) is 0 Å². The molecule has 47 heavy (non-hydrogen) atoms. The van der Waals surface area contributed by atoms with Gasteiger partial charge in [0.05, 0.1) is 68.6 Å². The van der Waals surface area contributed by atoms with E-state index in [0.717, 1.165) is 0 Å². The molecule has 0 saturated heterocycles. The highest BCUT2D eigenvalue weighted by molar-refractivity contribution is 7.25. The first-order valence-corrected chi connectivity index (χ1v) is 17.6. The summed E-state index contributed by atoms with van der Waals surface area (Å²) < 4.78 is 12.9. The Labute approximate surface area is 275 Å². The van der Waals surface area contributed by atoms with Crippen molar-refractivity contribution < 1.29 is 0 Å². The van der Waals surface area contributed by atoms with Gasteiger partial charge in [0, 0.05) is 16.2 Å². The van der Waals surface area contributed by atoms with E-state index in [-0.39, 0.29) is 0 Å². The van der Waals surface area contributed by atoms with Crippen molar-refractivity contribution in [3.63, 3.8) is 0 Å². The standard InChI is InChI=1S/C42H23N3S2/c1-4-14-27-24(11-1)21-32-38-37(27)45-31-18-8-10-20-36(31)47-42-29-16-6-3-13-26(29)23-34(40(42)45)44(38)33-22-25-12-2-5-15-28(25)41-39(33)43(32)30-17-7-9-19-35(30)46-41/h1-23H. The first-order chi connectivity index (χ1) is 23.3. The summed E-state index contributed by atoms with van der Waals surface area (Å²) in [6.45, 7) is 0. The molecule has 2 aliphatic rings. The normalized spacial score (nSPS) is 12.7. The molecule has 0 spiro atoms. The number of aromatic nitrogens is 3. The molecule has 2 aliphatic heterocycles. The van der Waals surface area contributed by atoms with E-state index in [4.69, 9.17) is 0 Å². The van der Waals surface area contributed by atoms with E-state index in [0.29, 0.717) is 0 Å². The average Bonchev–Trinajstić information content (AvgIpc) is 3.13. The molecule has 0 bridgehead atoms. The highest BCUT2D eigenvalue weighted by Gasteiger charge is 2.27. The minimum atomic E-state index is 1.21. The summed E-state index contributed by atoms with van der Waals surface area (Å²) in [4.78, 5) is 0. The number of fused-ring (bicyclic) bond motifs is 14. The third-order valence-corrected chi connectivity index (χ3v) is 12.5. The molecule has 3 nitrogen and oxygen atoms in total. The molecule has 12 rings (SSSR count). The lowest BCUT2D eigenvalue weighted by Crippen LogP contribution is -2.13. The lowest BCUT2D eigenvalue weighted by molar-refractivity contribution is 1.11. The summed E-state index contributed by atoms with van der Waals surface area (Å²) in [5, 5.41) is 7.61.